The number of hydrogen-bond acceptors (Lipinski definition) is 6. The number of carboxylic acid groups (broad SMARTS) is 1. The van der Waals surface area contributed by atoms with Gasteiger partial charge in [-0.25, -0.2) is 4.79 Å². The molecule has 1 fully saturated rings. The zero-order valence-corrected chi connectivity index (χ0v) is 11.1. The predicted molar refractivity (Wildman–Crippen MR) is 69.2 cm³/mol. The fourth-order valence-electron chi connectivity index (χ4n) is 1.92. The number of urea groups is 1. The summed E-state index contributed by atoms with van der Waals surface area (Å²) in [4.78, 5) is 26.1. The van der Waals surface area contributed by atoms with E-state index >= 15 is 0 Å². The van der Waals surface area contributed by atoms with Crippen LogP contribution in [0.2, 0.25) is 0 Å². The van der Waals surface area contributed by atoms with Gasteiger partial charge in [-0.15, -0.1) is 10.2 Å². The molecule has 0 aliphatic carbocycles. The molecule has 1 saturated heterocycles. The molecule has 0 bridgehead atoms. The largest absolute Gasteiger partial charge is 0.480 e. The van der Waals surface area contributed by atoms with E-state index in [-0.39, 0.29) is 12.6 Å². The van der Waals surface area contributed by atoms with Crippen LogP contribution in [0.25, 0.3) is 0 Å². The first-order valence-corrected chi connectivity index (χ1v) is 6.79. The number of nitrogens with zero attached hydrogens (tertiary/aromatic N) is 4. The summed E-state index contributed by atoms with van der Waals surface area (Å²) in [6.07, 6.45) is 0.761. The summed E-state index contributed by atoms with van der Waals surface area (Å²) in [5.41, 5.74) is 1.55. The third-order valence-electron chi connectivity index (χ3n) is 2.81. The number of carboxylic acids is 1. The summed E-state index contributed by atoms with van der Waals surface area (Å²) in [6.45, 7) is 2.40. The monoisotopic (exact) mass is 285 g/mol. The Morgan fingerprint density at radius 1 is 1.37 bits per heavy atom. The van der Waals surface area contributed by atoms with Gasteiger partial charge in [0, 0.05) is 26.2 Å². The van der Waals surface area contributed by atoms with Crippen molar-refractivity contribution in [2.24, 2.45) is 0 Å². The van der Waals surface area contributed by atoms with Gasteiger partial charge < -0.3 is 10.0 Å². The highest BCUT2D eigenvalue weighted by atomic mass is 32.1. The molecule has 1 aromatic rings. The van der Waals surface area contributed by atoms with Crippen LogP contribution in [0.15, 0.2) is 5.51 Å². The highest BCUT2D eigenvalue weighted by molar-refractivity contribution is 7.13. The van der Waals surface area contributed by atoms with Gasteiger partial charge in [0.25, 0.3) is 0 Å². The minimum absolute atomic E-state index is 0.0197. The van der Waals surface area contributed by atoms with Crippen LogP contribution in [-0.4, -0.2) is 69.8 Å². The van der Waals surface area contributed by atoms with Crippen LogP contribution >= 0.6 is 11.3 Å². The Hall–Kier alpha value is -1.74. The van der Waals surface area contributed by atoms with Crippen LogP contribution in [0.3, 0.4) is 0 Å². The molecule has 104 valence electrons. The number of amides is 2. The molecule has 2 rings (SSSR count). The summed E-state index contributed by atoms with van der Waals surface area (Å²) in [6, 6.07) is -0.214. The van der Waals surface area contributed by atoms with E-state index in [0.29, 0.717) is 31.3 Å². The number of rotatable bonds is 3. The third-order valence-corrected chi connectivity index (χ3v) is 3.42. The maximum Gasteiger partial charge on any atom is 0.323 e. The topological polar surface area (TPSA) is 98.7 Å². The van der Waals surface area contributed by atoms with Gasteiger partial charge in [0.1, 0.15) is 5.51 Å². The van der Waals surface area contributed by atoms with Gasteiger partial charge in [-0.2, -0.15) is 0 Å². The zero-order chi connectivity index (χ0) is 13.7. The molecule has 2 N–H and O–H groups in total. The van der Waals surface area contributed by atoms with Crippen molar-refractivity contribution < 1.29 is 14.7 Å². The van der Waals surface area contributed by atoms with Gasteiger partial charge in [0.05, 0.1) is 6.54 Å². The zero-order valence-electron chi connectivity index (χ0n) is 10.3. The predicted octanol–water partition coefficient (Wildman–Crippen LogP) is 0.162. The molecule has 0 spiro atoms. The molecule has 0 atom stereocenters. The van der Waals surface area contributed by atoms with E-state index in [1.165, 1.54) is 11.3 Å². The number of nitrogens with one attached hydrogen (secondary N) is 1. The highest BCUT2D eigenvalue weighted by Gasteiger charge is 2.20. The van der Waals surface area contributed by atoms with Crippen LogP contribution in [0.1, 0.15) is 6.42 Å². The van der Waals surface area contributed by atoms with E-state index in [9.17, 15) is 9.59 Å². The second-order valence-electron chi connectivity index (χ2n) is 4.18. The Morgan fingerprint density at radius 2 is 2.21 bits per heavy atom. The lowest BCUT2D eigenvalue weighted by Gasteiger charge is -2.20. The molecular weight excluding hydrogens is 270 g/mol. The first kappa shape index (κ1) is 13.7. The maximum absolute atomic E-state index is 12.0. The van der Waals surface area contributed by atoms with Crippen LogP contribution in [0, 0.1) is 0 Å². The van der Waals surface area contributed by atoms with E-state index in [1.807, 2.05) is 4.90 Å². The van der Waals surface area contributed by atoms with E-state index in [4.69, 9.17) is 5.11 Å². The SMILES string of the molecule is O=C(O)CN1CCCN(C(=O)Nc2nncs2)CC1. The van der Waals surface area contributed by atoms with Gasteiger partial charge in [-0.05, 0) is 6.42 Å². The van der Waals surface area contributed by atoms with Crippen molar-refractivity contribution in [2.75, 3.05) is 38.0 Å². The van der Waals surface area contributed by atoms with E-state index in [1.54, 1.807) is 10.4 Å². The van der Waals surface area contributed by atoms with Crippen molar-refractivity contribution in [2.45, 2.75) is 6.42 Å². The fourth-order valence-corrected chi connectivity index (χ4v) is 2.36. The van der Waals surface area contributed by atoms with Crippen molar-refractivity contribution in [3.05, 3.63) is 5.51 Å². The molecule has 1 aliphatic heterocycles. The summed E-state index contributed by atoms with van der Waals surface area (Å²) >= 11 is 1.26. The number of anilines is 1. The van der Waals surface area contributed by atoms with Gasteiger partial charge in [0.15, 0.2) is 0 Å². The van der Waals surface area contributed by atoms with Crippen molar-refractivity contribution in [1.29, 1.82) is 0 Å². The van der Waals surface area contributed by atoms with Crippen molar-refractivity contribution in [3.8, 4) is 0 Å². The number of carbonyl (C=O) groups excluding carboxylic acids is 1. The minimum Gasteiger partial charge on any atom is -0.480 e. The number of hydrogen-bond donors (Lipinski definition) is 2. The molecule has 0 radical (unpaired) electrons. The van der Waals surface area contributed by atoms with E-state index in [0.717, 1.165) is 6.42 Å². The Balaban J connectivity index is 1.84. The van der Waals surface area contributed by atoms with Crippen LogP contribution < -0.4 is 5.32 Å². The third kappa shape index (κ3) is 4.14. The summed E-state index contributed by atoms with van der Waals surface area (Å²) < 4.78 is 0. The molecule has 1 aromatic heterocycles. The molecule has 0 aromatic carbocycles. The van der Waals surface area contributed by atoms with Gasteiger partial charge >= 0.3 is 12.0 Å². The molecule has 0 unspecified atom stereocenters. The average Bonchev–Trinajstić information content (AvgIpc) is 2.74. The molecule has 0 saturated carbocycles. The average molecular weight is 285 g/mol. The van der Waals surface area contributed by atoms with Gasteiger partial charge in [-0.1, -0.05) is 11.3 Å². The molecule has 19 heavy (non-hydrogen) atoms. The van der Waals surface area contributed by atoms with Gasteiger partial charge in [-0.3, -0.25) is 15.0 Å². The Kier molecular flexibility index (Phi) is 4.63. The maximum atomic E-state index is 12.0. The Labute approximate surface area is 114 Å². The Morgan fingerprint density at radius 3 is 2.89 bits per heavy atom. The molecule has 2 heterocycles. The van der Waals surface area contributed by atoms with E-state index < -0.39 is 5.97 Å². The normalized spacial score (nSPS) is 16.9. The fraction of sp³-hybridized carbons (Fsp3) is 0.600. The lowest BCUT2D eigenvalue weighted by atomic mass is 10.4. The van der Waals surface area contributed by atoms with Crippen LogP contribution in [0.5, 0.6) is 0 Å². The standard InChI is InChI=1S/C10H15N5O3S/c16-8(17)6-14-2-1-3-15(5-4-14)10(18)12-9-13-11-7-19-9/h7H,1-6H2,(H,16,17)(H,12,13,18). The van der Waals surface area contributed by atoms with Gasteiger partial charge in [0.2, 0.25) is 5.13 Å². The van der Waals surface area contributed by atoms with Crippen molar-refractivity contribution in [1.82, 2.24) is 20.0 Å². The van der Waals surface area contributed by atoms with E-state index in [2.05, 4.69) is 15.5 Å². The van der Waals surface area contributed by atoms with Crippen molar-refractivity contribution in [3.63, 3.8) is 0 Å². The number of aliphatic carboxylic acids is 1. The second-order valence-corrected chi connectivity index (χ2v) is 5.02. The molecule has 2 amide bonds. The molecule has 8 nitrogen and oxygen atoms in total. The van der Waals surface area contributed by atoms with Crippen molar-refractivity contribution >= 4 is 28.5 Å². The lowest BCUT2D eigenvalue weighted by Crippen LogP contribution is -2.38. The smallest absolute Gasteiger partial charge is 0.323 e. The number of aromatic nitrogens is 2. The van der Waals surface area contributed by atoms with Crippen LogP contribution in [-0.2, 0) is 4.79 Å². The highest BCUT2D eigenvalue weighted by Crippen LogP contribution is 2.10. The first-order chi connectivity index (χ1) is 9.15. The quantitative estimate of drug-likeness (QED) is 0.821. The minimum atomic E-state index is -0.841. The first-order valence-electron chi connectivity index (χ1n) is 5.91. The summed E-state index contributed by atoms with van der Waals surface area (Å²) in [7, 11) is 0. The molecule has 1 aliphatic rings. The molecule has 9 heteroatoms. The Bertz CT molecular complexity index is 438. The second kappa shape index (κ2) is 6.43. The van der Waals surface area contributed by atoms with Crippen LogP contribution in [0.4, 0.5) is 9.93 Å². The summed E-state index contributed by atoms with van der Waals surface area (Å²) in [5.74, 6) is -0.841. The lowest BCUT2D eigenvalue weighted by molar-refractivity contribution is -0.138. The summed E-state index contributed by atoms with van der Waals surface area (Å²) in [5, 5.41) is 19.3. The number of carbonyl (C=O) groups is 2. The molecular formula is C10H15N5O3S.